The first kappa shape index (κ1) is 15.6. The molecule has 3 rings (SSSR count). The Bertz CT molecular complexity index is 615. The van der Waals surface area contributed by atoms with Gasteiger partial charge in [-0.15, -0.1) is 11.3 Å². The van der Waals surface area contributed by atoms with Gasteiger partial charge in [-0.05, 0) is 19.5 Å². The number of thiazole rings is 1. The van der Waals surface area contributed by atoms with Gasteiger partial charge in [0.2, 0.25) is 0 Å². The Labute approximate surface area is 136 Å². The lowest BCUT2D eigenvalue weighted by molar-refractivity contribution is 0.148. The molecule has 1 saturated heterocycles. The molecule has 22 heavy (non-hydrogen) atoms. The van der Waals surface area contributed by atoms with E-state index in [0.29, 0.717) is 0 Å². The molecule has 0 amide bonds. The Morgan fingerprint density at radius 2 is 1.82 bits per heavy atom. The first-order chi connectivity index (χ1) is 10.7. The van der Waals surface area contributed by atoms with Gasteiger partial charge in [-0.3, -0.25) is 4.90 Å². The molecular formula is C17H23N3OS. The van der Waals surface area contributed by atoms with E-state index in [0.717, 1.165) is 53.9 Å². The van der Waals surface area contributed by atoms with Crippen LogP contribution in [0.5, 0.6) is 0 Å². The van der Waals surface area contributed by atoms with Crippen LogP contribution in [0.3, 0.4) is 0 Å². The van der Waals surface area contributed by atoms with Crippen LogP contribution in [0.4, 0.5) is 0 Å². The predicted molar refractivity (Wildman–Crippen MR) is 91.0 cm³/mol. The van der Waals surface area contributed by atoms with Gasteiger partial charge in [0, 0.05) is 43.2 Å². The number of hydrogen-bond acceptors (Lipinski definition) is 5. The average molecular weight is 317 g/mol. The Hall–Kier alpha value is -1.27. The number of aliphatic hydroxyl groups excluding tert-OH is 1. The van der Waals surface area contributed by atoms with E-state index in [4.69, 9.17) is 0 Å². The highest BCUT2D eigenvalue weighted by atomic mass is 32.1. The summed E-state index contributed by atoms with van der Waals surface area (Å²) in [7, 11) is 2.18. The molecule has 1 aromatic heterocycles. The molecule has 1 N–H and O–H groups in total. The van der Waals surface area contributed by atoms with Gasteiger partial charge in [-0.25, -0.2) is 4.98 Å². The number of rotatable bonds is 4. The van der Waals surface area contributed by atoms with Gasteiger partial charge in [0.05, 0.1) is 12.3 Å². The van der Waals surface area contributed by atoms with Gasteiger partial charge >= 0.3 is 0 Å². The molecule has 1 aliphatic heterocycles. The minimum absolute atomic E-state index is 0.0177. The molecule has 2 heterocycles. The monoisotopic (exact) mass is 317 g/mol. The van der Waals surface area contributed by atoms with Crippen LogP contribution in [0.1, 0.15) is 16.1 Å². The topological polar surface area (TPSA) is 39.6 Å². The van der Waals surface area contributed by atoms with Crippen molar-refractivity contribution in [1.82, 2.24) is 14.8 Å². The Kier molecular flexibility index (Phi) is 4.88. The number of likely N-dealkylation sites (N-methyl/N-ethyl adjacent to an activating group) is 1. The number of aromatic nitrogens is 1. The van der Waals surface area contributed by atoms with Gasteiger partial charge in [-0.2, -0.15) is 0 Å². The van der Waals surface area contributed by atoms with Crippen LogP contribution in [-0.4, -0.2) is 53.1 Å². The van der Waals surface area contributed by atoms with E-state index in [9.17, 15) is 5.11 Å². The molecule has 0 aliphatic carbocycles. The van der Waals surface area contributed by atoms with Crippen molar-refractivity contribution in [3.8, 4) is 10.6 Å². The van der Waals surface area contributed by atoms with Gasteiger partial charge in [0.15, 0.2) is 0 Å². The Morgan fingerprint density at radius 1 is 1.14 bits per heavy atom. The summed E-state index contributed by atoms with van der Waals surface area (Å²) in [5.74, 6) is 0. The SMILES string of the molecule is Cc1sc(-c2ccc(CN3CCN(C)CC3)cc2)nc1CO. The molecule has 4 nitrogen and oxygen atoms in total. The van der Waals surface area contributed by atoms with Crippen molar-refractivity contribution >= 4 is 11.3 Å². The van der Waals surface area contributed by atoms with Crippen molar-refractivity contribution in [3.05, 3.63) is 40.4 Å². The van der Waals surface area contributed by atoms with E-state index in [2.05, 4.69) is 46.1 Å². The molecule has 1 aromatic carbocycles. The van der Waals surface area contributed by atoms with Gasteiger partial charge in [-0.1, -0.05) is 24.3 Å². The minimum Gasteiger partial charge on any atom is -0.390 e. The fourth-order valence-electron chi connectivity index (χ4n) is 2.72. The highest BCUT2D eigenvalue weighted by Crippen LogP contribution is 2.28. The highest BCUT2D eigenvalue weighted by Gasteiger charge is 2.14. The lowest BCUT2D eigenvalue weighted by Crippen LogP contribution is -2.43. The van der Waals surface area contributed by atoms with Crippen LogP contribution >= 0.6 is 11.3 Å². The zero-order chi connectivity index (χ0) is 15.5. The molecule has 2 aromatic rings. The van der Waals surface area contributed by atoms with Gasteiger partial charge in [0.1, 0.15) is 5.01 Å². The van der Waals surface area contributed by atoms with E-state index >= 15 is 0 Å². The number of benzene rings is 1. The van der Waals surface area contributed by atoms with Crippen molar-refractivity contribution < 1.29 is 5.11 Å². The lowest BCUT2D eigenvalue weighted by atomic mass is 10.1. The van der Waals surface area contributed by atoms with E-state index in [1.165, 1.54) is 5.56 Å². The van der Waals surface area contributed by atoms with Gasteiger partial charge in [0.25, 0.3) is 0 Å². The second-order valence-electron chi connectivity index (χ2n) is 5.96. The summed E-state index contributed by atoms with van der Waals surface area (Å²) < 4.78 is 0. The van der Waals surface area contributed by atoms with Crippen molar-refractivity contribution in [1.29, 1.82) is 0 Å². The van der Waals surface area contributed by atoms with E-state index in [1.807, 2.05) is 6.92 Å². The van der Waals surface area contributed by atoms with E-state index < -0.39 is 0 Å². The van der Waals surface area contributed by atoms with Gasteiger partial charge < -0.3 is 10.0 Å². The van der Waals surface area contributed by atoms with E-state index in [1.54, 1.807) is 11.3 Å². The highest BCUT2D eigenvalue weighted by molar-refractivity contribution is 7.15. The fraction of sp³-hybridized carbons (Fsp3) is 0.471. The number of aliphatic hydroxyl groups is 1. The molecule has 0 saturated carbocycles. The maximum Gasteiger partial charge on any atom is 0.123 e. The standard InChI is InChI=1S/C17H23N3OS/c1-13-16(12-21)18-17(22-13)15-5-3-14(4-6-15)11-20-9-7-19(2)8-10-20/h3-6,21H,7-12H2,1-2H3. The molecule has 0 radical (unpaired) electrons. The zero-order valence-corrected chi connectivity index (χ0v) is 14.1. The summed E-state index contributed by atoms with van der Waals surface area (Å²) in [6.07, 6.45) is 0. The Balaban J connectivity index is 1.67. The number of hydrogen-bond donors (Lipinski definition) is 1. The normalized spacial score (nSPS) is 17.0. The molecule has 1 aliphatic rings. The molecular weight excluding hydrogens is 294 g/mol. The average Bonchev–Trinajstić information content (AvgIpc) is 2.91. The summed E-state index contributed by atoms with van der Waals surface area (Å²) in [6, 6.07) is 8.68. The molecule has 0 unspecified atom stereocenters. The third kappa shape index (κ3) is 3.55. The third-order valence-corrected chi connectivity index (χ3v) is 5.31. The summed E-state index contributed by atoms with van der Waals surface area (Å²) >= 11 is 1.65. The van der Waals surface area contributed by atoms with Crippen LogP contribution in [0.25, 0.3) is 10.6 Å². The summed E-state index contributed by atoms with van der Waals surface area (Å²) in [5, 5.41) is 10.3. The number of aryl methyl sites for hydroxylation is 1. The second-order valence-corrected chi connectivity index (χ2v) is 7.16. The smallest absolute Gasteiger partial charge is 0.123 e. The van der Waals surface area contributed by atoms with Crippen molar-refractivity contribution in [3.63, 3.8) is 0 Å². The maximum absolute atomic E-state index is 9.26. The first-order valence-corrected chi connectivity index (χ1v) is 8.55. The zero-order valence-electron chi connectivity index (χ0n) is 13.2. The fourth-order valence-corrected chi connectivity index (χ4v) is 3.64. The van der Waals surface area contributed by atoms with Crippen molar-refractivity contribution in [2.24, 2.45) is 0 Å². The summed E-state index contributed by atoms with van der Waals surface area (Å²) in [4.78, 5) is 10.5. The maximum atomic E-state index is 9.26. The van der Waals surface area contributed by atoms with Crippen LogP contribution < -0.4 is 0 Å². The van der Waals surface area contributed by atoms with Crippen LogP contribution in [-0.2, 0) is 13.2 Å². The summed E-state index contributed by atoms with van der Waals surface area (Å²) in [5.41, 5.74) is 3.28. The number of piperazine rings is 1. The quantitative estimate of drug-likeness (QED) is 0.940. The Morgan fingerprint density at radius 3 is 2.41 bits per heavy atom. The molecule has 0 spiro atoms. The first-order valence-electron chi connectivity index (χ1n) is 7.73. The number of nitrogens with zero attached hydrogens (tertiary/aromatic N) is 3. The molecule has 1 fully saturated rings. The van der Waals surface area contributed by atoms with Crippen LogP contribution in [0.15, 0.2) is 24.3 Å². The van der Waals surface area contributed by atoms with Crippen molar-refractivity contribution in [2.45, 2.75) is 20.1 Å². The predicted octanol–water partition coefficient (Wildman–Crippen LogP) is 2.36. The van der Waals surface area contributed by atoms with Crippen molar-refractivity contribution in [2.75, 3.05) is 33.2 Å². The van der Waals surface area contributed by atoms with Crippen LogP contribution in [0.2, 0.25) is 0 Å². The van der Waals surface area contributed by atoms with E-state index in [-0.39, 0.29) is 6.61 Å². The minimum atomic E-state index is 0.0177. The molecule has 118 valence electrons. The molecule has 0 atom stereocenters. The lowest BCUT2D eigenvalue weighted by Gasteiger charge is -2.32. The third-order valence-electron chi connectivity index (χ3n) is 4.25. The van der Waals surface area contributed by atoms with Crippen LogP contribution in [0, 0.1) is 6.92 Å². The molecule has 5 heteroatoms. The second kappa shape index (κ2) is 6.87. The molecule has 0 bridgehead atoms. The largest absolute Gasteiger partial charge is 0.390 e. The summed E-state index contributed by atoms with van der Waals surface area (Å²) in [6.45, 7) is 7.64.